The number of benzene rings is 3. The first kappa shape index (κ1) is 18.5. The van der Waals surface area contributed by atoms with Crippen molar-refractivity contribution in [3.8, 4) is 0 Å². The van der Waals surface area contributed by atoms with Gasteiger partial charge in [-0.05, 0) is 35.4 Å². The Hall–Kier alpha value is -3.27. The standard InChI is InChI=1S/C23H20FNO2/c24-20-13-11-17(12-14-20)21(26)15-16-22(27)25-23(18-7-3-1-4-8-18)19-9-5-2-6-10-19/h1-14,23H,15-16H2,(H,25,27). The highest BCUT2D eigenvalue weighted by Gasteiger charge is 2.17. The molecule has 3 rings (SSSR count). The molecule has 3 aromatic carbocycles. The van der Waals surface area contributed by atoms with Crippen molar-refractivity contribution in [2.45, 2.75) is 18.9 Å². The number of hydrogen-bond acceptors (Lipinski definition) is 2. The summed E-state index contributed by atoms with van der Waals surface area (Å²) in [6.07, 6.45) is 0.153. The normalized spacial score (nSPS) is 10.6. The van der Waals surface area contributed by atoms with Crippen molar-refractivity contribution in [2.24, 2.45) is 0 Å². The Kier molecular flexibility index (Phi) is 6.10. The van der Waals surface area contributed by atoms with E-state index in [9.17, 15) is 14.0 Å². The number of carbonyl (C=O) groups is 2. The number of carbonyl (C=O) groups excluding carboxylic acids is 2. The summed E-state index contributed by atoms with van der Waals surface area (Å²) in [7, 11) is 0. The van der Waals surface area contributed by atoms with Gasteiger partial charge in [-0.15, -0.1) is 0 Å². The molecule has 0 heterocycles. The van der Waals surface area contributed by atoms with E-state index in [1.54, 1.807) is 0 Å². The zero-order chi connectivity index (χ0) is 19.1. The van der Waals surface area contributed by atoms with Gasteiger partial charge in [0.15, 0.2) is 5.78 Å². The van der Waals surface area contributed by atoms with Crippen molar-refractivity contribution < 1.29 is 14.0 Å². The van der Waals surface area contributed by atoms with Gasteiger partial charge in [0.2, 0.25) is 5.91 Å². The minimum absolute atomic E-state index is 0.0758. The lowest BCUT2D eigenvalue weighted by Gasteiger charge is -2.20. The monoisotopic (exact) mass is 361 g/mol. The van der Waals surface area contributed by atoms with E-state index in [-0.39, 0.29) is 30.6 Å². The number of nitrogens with one attached hydrogen (secondary N) is 1. The quantitative estimate of drug-likeness (QED) is 0.620. The second kappa shape index (κ2) is 8.90. The number of hydrogen-bond donors (Lipinski definition) is 1. The summed E-state index contributed by atoms with van der Waals surface area (Å²) < 4.78 is 13.0. The molecule has 0 aliphatic carbocycles. The highest BCUT2D eigenvalue weighted by molar-refractivity contribution is 5.97. The van der Waals surface area contributed by atoms with E-state index >= 15 is 0 Å². The van der Waals surface area contributed by atoms with Crippen molar-refractivity contribution in [1.82, 2.24) is 5.32 Å². The van der Waals surface area contributed by atoms with Crippen LogP contribution in [0.15, 0.2) is 84.9 Å². The fourth-order valence-electron chi connectivity index (χ4n) is 2.89. The average Bonchev–Trinajstić information content (AvgIpc) is 2.72. The predicted molar refractivity (Wildman–Crippen MR) is 103 cm³/mol. The Bertz CT molecular complexity index is 853. The zero-order valence-corrected chi connectivity index (χ0v) is 14.8. The van der Waals surface area contributed by atoms with E-state index in [0.717, 1.165) is 11.1 Å². The molecule has 0 atom stereocenters. The smallest absolute Gasteiger partial charge is 0.221 e. The Balaban J connectivity index is 1.66. The molecule has 0 unspecified atom stereocenters. The van der Waals surface area contributed by atoms with Gasteiger partial charge in [-0.1, -0.05) is 60.7 Å². The van der Waals surface area contributed by atoms with E-state index in [2.05, 4.69) is 5.32 Å². The maximum absolute atomic E-state index is 13.0. The summed E-state index contributed by atoms with van der Waals surface area (Å²) in [5.74, 6) is -0.776. The minimum atomic E-state index is -0.391. The van der Waals surface area contributed by atoms with Gasteiger partial charge in [0, 0.05) is 18.4 Å². The molecule has 1 N–H and O–H groups in total. The molecule has 0 bridgehead atoms. The molecule has 0 fully saturated rings. The fourth-order valence-corrected chi connectivity index (χ4v) is 2.89. The van der Waals surface area contributed by atoms with Gasteiger partial charge in [0.05, 0.1) is 6.04 Å². The SMILES string of the molecule is O=C(CCC(=O)c1ccc(F)cc1)NC(c1ccccc1)c1ccccc1. The number of halogens is 1. The van der Waals surface area contributed by atoms with Gasteiger partial charge in [-0.3, -0.25) is 9.59 Å². The molecule has 0 spiro atoms. The van der Waals surface area contributed by atoms with E-state index in [1.165, 1.54) is 24.3 Å². The predicted octanol–water partition coefficient (Wildman–Crippen LogP) is 4.69. The number of Topliss-reactive ketones (excluding diaryl/α,β-unsaturated/α-hetero) is 1. The molecule has 0 aliphatic rings. The highest BCUT2D eigenvalue weighted by Crippen LogP contribution is 2.22. The molecular weight excluding hydrogens is 341 g/mol. The summed E-state index contributed by atoms with van der Waals surface area (Å²) >= 11 is 0. The average molecular weight is 361 g/mol. The van der Waals surface area contributed by atoms with Crippen LogP contribution in [-0.2, 0) is 4.79 Å². The van der Waals surface area contributed by atoms with Crippen LogP contribution in [0.4, 0.5) is 4.39 Å². The van der Waals surface area contributed by atoms with Crippen LogP contribution in [-0.4, -0.2) is 11.7 Å². The van der Waals surface area contributed by atoms with Crippen LogP contribution in [0.1, 0.15) is 40.4 Å². The largest absolute Gasteiger partial charge is 0.345 e. The summed E-state index contributed by atoms with van der Waals surface area (Å²) in [5, 5.41) is 3.01. The maximum atomic E-state index is 13.0. The van der Waals surface area contributed by atoms with Crippen molar-refractivity contribution in [2.75, 3.05) is 0 Å². The van der Waals surface area contributed by atoms with Gasteiger partial charge in [0.25, 0.3) is 0 Å². The minimum Gasteiger partial charge on any atom is -0.345 e. The molecule has 27 heavy (non-hydrogen) atoms. The number of rotatable bonds is 7. The molecule has 0 aromatic heterocycles. The van der Waals surface area contributed by atoms with E-state index < -0.39 is 5.82 Å². The molecule has 4 heteroatoms. The van der Waals surface area contributed by atoms with Crippen LogP contribution in [0.2, 0.25) is 0 Å². The first-order valence-corrected chi connectivity index (χ1v) is 8.81. The first-order chi connectivity index (χ1) is 13.1. The summed E-state index contributed by atoms with van der Waals surface area (Å²) in [6, 6.07) is 24.5. The molecule has 136 valence electrons. The molecule has 0 aliphatic heterocycles. The lowest BCUT2D eigenvalue weighted by atomic mass is 9.98. The molecular formula is C23H20FNO2. The molecule has 3 aromatic rings. The second-order valence-corrected chi connectivity index (χ2v) is 6.25. The Morgan fingerprint density at radius 1 is 0.741 bits per heavy atom. The van der Waals surface area contributed by atoms with Crippen LogP contribution in [0.3, 0.4) is 0 Å². The van der Waals surface area contributed by atoms with Crippen LogP contribution in [0, 0.1) is 5.82 Å². The van der Waals surface area contributed by atoms with Crippen LogP contribution < -0.4 is 5.32 Å². The van der Waals surface area contributed by atoms with Crippen molar-refractivity contribution in [3.05, 3.63) is 107 Å². The highest BCUT2D eigenvalue weighted by atomic mass is 19.1. The third-order valence-electron chi connectivity index (χ3n) is 4.32. The van der Waals surface area contributed by atoms with E-state index in [0.29, 0.717) is 5.56 Å². The molecule has 1 amide bonds. The molecule has 3 nitrogen and oxygen atoms in total. The lowest BCUT2D eigenvalue weighted by molar-refractivity contribution is -0.121. The van der Waals surface area contributed by atoms with Crippen molar-refractivity contribution in [1.29, 1.82) is 0 Å². The number of ketones is 1. The van der Waals surface area contributed by atoms with Crippen molar-refractivity contribution in [3.63, 3.8) is 0 Å². The van der Waals surface area contributed by atoms with E-state index in [1.807, 2.05) is 60.7 Å². The molecule has 0 saturated heterocycles. The van der Waals surface area contributed by atoms with Gasteiger partial charge in [-0.25, -0.2) is 4.39 Å². The Labute approximate surface area is 157 Å². The lowest BCUT2D eigenvalue weighted by Crippen LogP contribution is -2.29. The van der Waals surface area contributed by atoms with Crippen LogP contribution >= 0.6 is 0 Å². The van der Waals surface area contributed by atoms with Gasteiger partial charge in [-0.2, -0.15) is 0 Å². The summed E-state index contributed by atoms with van der Waals surface area (Å²) in [4.78, 5) is 24.7. The number of amides is 1. The van der Waals surface area contributed by atoms with Crippen molar-refractivity contribution >= 4 is 11.7 Å². The Morgan fingerprint density at radius 3 is 1.78 bits per heavy atom. The fraction of sp³-hybridized carbons (Fsp3) is 0.130. The second-order valence-electron chi connectivity index (χ2n) is 6.25. The van der Waals surface area contributed by atoms with Crippen LogP contribution in [0.25, 0.3) is 0 Å². The van der Waals surface area contributed by atoms with Crippen LogP contribution in [0.5, 0.6) is 0 Å². The van der Waals surface area contributed by atoms with Gasteiger partial charge >= 0.3 is 0 Å². The summed E-state index contributed by atoms with van der Waals surface area (Å²) in [6.45, 7) is 0. The Morgan fingerprint density at radius 2 is 1.26 bits per heavy atom. The summed E-state index contributed by atoms with van der Waals surface area (Å²) in [5.41, 5.74) is 2.36. The molecule has 0 radical (unpaired) electrons. The third-order valence-corrected chi connectivity index (χ3v) is 4.32. The maximum Gasteiger partial charge on any atom is 0.221 e. The van der Waals surface area contributed by atoms with Gasteiger partial charge < -0.3 is 5.32 Å². The van der Waals surface area contributed by atoms with Gasteiger partial charge in [0.1, 0.15) is 5.82 Å². The first-order valence-electron chi connectivity index (χ1n) is 8.81. The zero-order valence-electron chi connectivity index (χ0n) is 14.8. The third kappa shape index (κ3) is 5.11. The molecule has 0 saturated carbocycles. The van der Waals surface area contributed by atoms with E-state index in [4.69, 9.17) is 0 Å². The topological polar surface area (TPSA) is 46.2 Å².